The van der Waals surface area contributed by atoms with Crippen molar-refractivity contribution in [2.75, 3.05) is 6.61 Å². The van der Waals surface area contributed by atoms with E-state index in [9.17, 15) is 9.90 Å². The number of phenolic OH excluding ortho intramolecular Hbond substituents is 1. The lowest BCUT2D eigenvalue weighted by Crippen LogP contribution is -2.59. The molecule has 0 radical (unpaired) electrons. The third kappa shape index (κ3) is 2.71. The lowest BCUT2D eigenvalue weighted by Gasteiger charge is -2.53. The zero-order chi connectivity index (χ0) is 20.4. The second-order valence-electron chi connectivity index (χ2n) is 10.4. The van der Waals surface area contributed by atoms with Crippen molar-refractivity contribution >= 4 is 5.91 Å². The number of aryl methyl sites for hydroxylation is 2. The topological polar surface area (TPSA) is 58.6 Å². The number of aromatic hydroxyl groups is 1. The Labute approximate surface area is 169 Å². The first kappa shape index (κ1) is 19.8. The molecule has 1 aromatic carbocycles. The highest BCUT2D eigenvalue weighted by molar-refractivity contribution is 5.78. The Balaban J connectivity index is 1.71. The highest BCUT2D eigenvalue weighted by Gasteiger charge is 2.68. The minimum Gasteiger partial charge on any atom is -0.507 e. The molecule has 2 bridgehead atoms. The summed E-state index contributed by atoms with van der Waals surface area (Å²) in [7, 11) is 0. The molecular formula is C24H35NO3. The summed E-state index contributed by atoms with van der Waals surface area (Å²) in [6.07, 6.45) is 3.41. The van der Waals surface area contributed by atoms with E-state index in [2.05, 4.69) is 31.3 Å². The molecule has 4 rings (SSSR count). The fourth-order valence-electron chi connectivity index (χ4n) is 6.58. The quantitative estimate of drug-likeness (QED) is 0.795. The van der Waals surface area contributed by atoms with E-state index >= 15 is 0 Å². The van der Waals surface area contributed by atoms with E-state index in [1.807, 2.05) is 27.7 Å². The van der Waals surface area contributed by atoms with Gasteiger partial charge in [0.25, 0.3) is 0 Å². The predicted molar refractivity (Wildman–Crippen MR) is 110 cm³/mol. The SMILES string of the molecule is Cc1cc([C@H]2OCC[C@@]34C[C@@H](C[C@H]23)C(C)(C)[C@H]4NC(=O)C(C)C)cc(C)c1O. The molecule has 1 saturated heterocycles. The van der Waals surface area contributed by atoms with Gasteiger partial charge in [0, 0.05) is 18.6 Å². The summed E-state index contributed by atoms with van der Waals surface area (Å²) in [6, 6.07) is 4.37. The maximum Gasteiger partial charge on any atom is 0.222 e. The van der Waals surface area contributed by atoms with Crippen molar-refractivity contribution in [3.63, 3.8) is 0 Å². The number of rotatable bonds is 3. The molecule has 1 amide bonds. The Morgan fingerprint density at radius 1 is 1.25 bits per heavy atom. The first-order chi connectivity index (χ1) is 13.1. The van der Waals surface area contributed by atoms with Crippen molar-refractivity contribution < 1.29 is 14.6 Å². The maximum absolute atomic E-state index is 12.6. The summed E-state index contributed by atoms with van der Waals surface area (Å²) in [6.45, 7) is 13.3. The molecule has 1 aromatic rings. The molecule has 1 spiro atoms. The maximum atomic E-state index is 12.6. The molecule has 4 heteroatoms. The van der Waals surface area contributed by atoms with Gasteiger partial charge >= 0.3 is 0 Å². The molecule has 28 heavy (non-hydrogen) atoms. The second-order valence-corrected chi connectivity index (χ2v) is 10.4. The molecular weight excluding hydrogens is 350 g/mol. The van der Waals surface area contributed by atoms with Crippen LogP contribution in [0.4, 0.5) is 0 Å². The average Bonchev–Trinajstić information content (AvgIpc) is 3.11. The number of carbonyl (C=O) groups is 1. The minimum absolute atomic E-state index is 0.00260. The fourth-order valence-corrected chi connectivity index (χ4v) is 6.58. The van der Waals surface area contributed by atoms with Gasteiger partial charge in [0.1, 0.15) is 5.75 Å². The van der Waals surface area contributed by atoms with Crippen molar-refractivity contribution in [2.24, 2.45) is 28.6 Å². The van der Waals surface area contributed by atoms with E-state index < -0.39 is 0 Å². The van der Waals surface area contributed by atoms with Crippen molar-refractivity contribution in [2.45, 2.75) is 73.0 Å². The number of ether oxygens (including phenoxy) is 1. The molecule has 1 heterocycles. The number of fused-ring (bicyclic) bond motifs is 1. The Kier molecular flexibility index (Phi) is 4.57. The Hall–Kier alpha value is -1.55. The van der Waals surface area contributed by atoms with Gasteiger partial charge in [-0.2, -0.15) is 0 Å². The van der Waals surface area contributed by atoms with Crippen LogP contribution in [0.5, 0.6) is 5.75 Å². The van der Waals surface area contributed by atoms with Crippen LogP contribution in [0.1, 0.15) is 69.8 Å². The molecule has 1 aliphatic heterocycles. The monoisotopic (exact) mass is 385 g/mol. The van der Waals surface area contributed by atoms with Crippen LogP contribution in [0.15, 0.2) is 12.1 Å². The number of benzene rings is 1. The van der Waals surface area contributed by atoms with Crippen LogP contribution in [0.3, 0.4) is 0 Å². The Bertz CT molecular complexity index is 776. The van der Waals surface area contributed by atoms with Crippen LogP contribution < -0.4 is 5.32 Å². The normalized spacial score (nSPS) is 35.8. The lowest BCUT2D eigenvalue weighted by atomic mass is 9.58. The standard InChI is InChI=1S/C24H35NO3/c1-13(2)21(27)25-22-23(5,6)17-11-18-20(28-8-7-24(18,22)12-17)16-9-14(3)19(26)15(4)10-16/h9-10,13,17-18,20,22,26H,7-8,11-12H2,1-6H3,(H,25,27)/t17-,18-,20-,22-,24-/m1/s1. The highest BCUT2D eigenvalue weighted by Crippen LogP contribution is 2.70. The van der Waals surface area contributed by atoms with Crippen molar-refractivity contribution in [3.05, 3.63) is 28.8 Å². The molecule has 3 fully saturated rings. The van der Waals surface area contributed by atoms with Crippen molar-refractivity contribution in [3.8, 4) is 5.75 Å². The van der Waals surface area contributed by atoms with Gasteiger partial charge in [0.15, 0.2) is 0 Å². The van der Waals surface area contributed by atoms with Crippen LogP contribution >= 0.6 is 0 Å². The van der Waals surface area contributed by atoms with E-state index in [-0.39, 0.29) is 34.8 Å². The number of hydrogen-bond acceptors (Lipinski definition) is 3. The van der Waals surface area contributed by atoms with Crippen LogP contribution in [0.25, 0.3) is 0 Å². The first-order valence-electron chi connectivity index (χ1n) is 10.8. The van der Waals surface area contributed by atoms with Gasteiger partial charge in [-0.15, -0.1) is 0 Å². The summed E-state index contributed by atoms with van der Waals surface area (Å²) in [4.78, 5) is 12.6. The Morgan fingerprint density at radius 3 is 2.50 bits per heavy atom. The van der Waals surface area contributed by atoms with Gasteiger partial charge in [0.2, 0.25) is 5.91 Å². The summed E-state index contributed by atoms with van der Waals surface area (Å²) in [5.41, 5.74) is 3.22. The lowest BCUT2D eigenvalue weighted by molar-refractivity contribution is -0.139. The van der Waals surface area contributed by atoms with E-state index in [1.165, 1.54) is 12.0 Å². The summed E-state index contributed by atoms with van der Waals surface area (Å²) in [5.74, 6) is 1.57. The van der Waals surface area contributed by atoms with Crippen LogP contribution in [-0.4, -0.2) is 23.7 Å². The summed E-state index contributed by atoms with van der Waals surface area (Å²) < 4.78 is 6.35. The van der Waals surface area contributed by atoms with Gasteiger partial charge in [-0.3, -0.25) is 4.79 Å². The van der Waals surface area contributed by atoms with E-state index in [1.54, 1.807) is 0 Å². The molecule has 5 atom stereocenters. The van der Waals surface area contributed by atoms with Crippen LogP contribution in [0, 0.1) is 42.4 Å². The Morgan fingerprint density at radius 2 is 1.89 bits per heavy atom. The molecule has 2 N–H and O–H groups in total. The first-order valence-corrected chi connectivity index (χ1v) is 10.8. The van der Waals surface area contributed by atoms with Gasteiger partial charge in [-0.1, -0.05) is 27.7 Å². The second kappa shape index (κ2) is 6.48. The molecule has 154 valence electrons. The number of phenols is 1. The van der Waals surface area contributed by atoms with Crippen LogP contribution in [0.2, 0.25) is 0 Å². The summed E-state index contributed by atoms with van der Waals surface area (Å²) >= 11 is 0. The van der Waals surface area contributed by atoms with E-state index in [0.717, 1.165) is 30.6 Å². The van der Waals surface area contributed by atoms with Crippen molar-refractivity contribution in [1.29, 1.82) is 0 Å². The largest absolute Gasteiger partial charge is 0.507 e. The number of hydrogen-bond donors (Lipinski definition) is 2. The smallest absolute Gasteiger partial charge is 0.222 e. The summed E-state index contributed by atoms with van der Waals surface area (Å²) in [5, 5.41) is 13.7. The van der Waals surface area contributed by atoms with E-state index in [4.69, 9.17) is 4.74 Å². The van der Waals surface area contributed by atoms with Crippen LogP contribution in [-0.2, 0) is 9.53 Å². The molecule has 4 nitrogen and oxygen atoms in total. The van der Waals surface area contributed by atoms with Gasteiger partial charge < -0.3 is 15.2 Å². The number of amides is 1. The van der Waals surface area contributed by atoms with Gasteiger partial charge in [-0.05, 0) is 84.6 Å². The van der Waals surface area contributed by atoms with Crippen molar-refractivity contribution in [1.82, 2.24) is 5.32 Å². The van der Waals surface area contributed by atoms with Gasteiger partial charge in [0.05, 0.1) is 6.10 Å². The number of nitrogens with one attached hydrogen (secondary N) is 1. The molecule has 2 aliphatic carbocycles. The number of carbonyl (C=O) groups excluding carboxylic acids is 1. The average molecular weight is 386 g/mol. The highest BCUT2D eigenvalue weighted by atomic mass is 16.5. The van der Waals surface area contributed by atoms with Gasteiger partial charge in [-0.25, -0.2) is 0 Å². The predicted octanol–water partition coefficient (Wildman–Crippen LogP) is 4.66. The third-order valence-corrected chi connectivity index (χ3v) is 8.16. The zero-order valence-corrected chi connectivity index (χ0v) is 18.1. The fraction of sp³-hybridized carbons (Fsp3) is 0.708. The minimum atomic E-state index is 0.00260. The molecule has 3 aliphatic rings. The van der Waals surface area contributed by atoms with E-state index in [0.29, 0.717) is 17.6 Å². The zero-order valence-electron chi connectivity index (χ0n) is 18.1. The molecule has 0 unspecified atom stereocenters. The molecule has 0 aromatic heterocycles. The third-order valence-electron chi connectivity index (χ3n) is 8.16. The molecule has 2 saturated carbocycles.